The number of imidazole rings is 1. The molecule has 0 fully saturated rings. The molecule has 108 valence electrons. The predicted molar refractivity (Wildman–Crippen MR) is 71.3 cm³/mol. The second kappa shape index (κ2) is 5.90. The van der Waals surface area contributed by atoms with Crippen LogP contribution in [0.25, 0.3) is 0 Å². The van der Waals surface area contributed by atoms with E-state index in [9.17, 15) is 19.3 Å². The number of rotatable bonds is 4. The molecule has 1 heterocycles. The molecular formula is C12H10FN5O3. The molecule has 1 amide bonds. The molecule has 0 saturated heterocycles. The van der Waals surface area contributed by atoms with E-state index in [-0.39, 0.29) is 11.5 Å². The Kier molecular flexibility index (Phi) is 4.02. The Morgan fingerprint density at radius 1 is 1.43 bits per heavy atom. The lowest BCUT2D eigenvalue weighted by Crippen LogP contribution is -2.20. The fraction of sp³-hybridized carbons (Fsp3) is 0.0833. The molecule has 0 spiro atoms. The summed E-state index contributed by atoms with van der Waals surface area (Å²) in [6, 6.07) is 5.51. The van der Waals surface area contributed by atoms with Crippen LogP contribution in [0.3, 0.4) is 0 Å². The topological polar surface area (TPSA) is 113 Å². The maximum Gasteiger partial charge on any atom is 0.353 e. The van der Waals surface area contributed by atoms with Crippen LogP contribution in [0, 0.1) is 15.9 Å². The average molecular weight is 291 g/mol. The predicted octanol–water partition coefficient (Wildman–Crippen LogP) is 1.61. The van der Waals surface area contributed by atoms with E-state index in [2.05, 4.69) is 20.5 Å². The molecule has 0 aliphatic carbocycles. The zero-order chi connectivity index (χ0) is 15.4. The number of nitrogens with zero attached hydrogens (tertiary/aromatic N) is 3. The Balaban J connectivity index is 2.12. The van der Waals surface area contributed by atoms with Gasteiger partial charge < -0.3 is 10.1 Å². The summed E-state index contributed by atoms with van der Waals surface area (Å²) in [5, 5.41) is 14.5. The molecule has 1 aromatic carbocycles. The monoisotopic (exact) mass is 291 g/mol. The van der Waals surface area contributed by atoms with E-state index in [0.29, 0.717) is 11.3 Å². The van der Waals surface area contributed by atoms with Gasteiger partial charge >= 0.3 is 5.82 Å². The van der Waals surface area contributed by atoms with E-state index in [1.54, 1.807) is 6.92 Å². The molecule has 9 heteroatoms. The van der Waals surface area contributed by atoms with Crippen LogP contribution in [-0.4, -0.2) is 26.5 Å². The number of hydrazone groups is 1. The van der Waals surface area contributed by atoms with E-state index < -0.39 is 16.6 Å². The summed E-state index contributed by atoms with van der Waals surface area (Å²) >= 11 is 0. The number of amides is 1. The minimum absolute atomic E-state index is 0.365. The van der Waals surface area contributed by atoms with Crippen molar-refractivity contribution in [2.45, 2.75) is 6.92 Å². The minimum atomic E-state index is -0.815. The SMILES string of the molecule is C/C(=N\NC(=O)c1nc[nH]c1[N+](=O)[O-])c1ccc(F)cc1. The highest BCUT2D eigenvalue weighted by molar-refractivity contribution is 6.01. The fourth-order valence-electron chi connectivity index (χ4n) is 1.54. The van der Waals surface area contributed by atoms with Gasteiger partial charge in [-0.15, -0.1) is 0 Å². The lowest BCUT2D eigenvalue weighted by molar-refractivity contribution is -0.389. The van der Waals surface area contributed by atoms with Gasteiger partial charge in [0.15, 0.2) is 6.33 Å². The second-order valence-corrected chi connectivity index (χ2v) is 4.00. The number of carbonyl (C=O) groups excluding carboxylic acids is 1. The summed E-state index contributed by atoms with van der Waals surface area (Å²) in [6.45, 7) is 1.60. The number of hydrogen-bond donors (Lipinski definition) is 2. The van der Waals surface area contributed by atoms with Crippen molar-refractivity contribution in [3.05, 3.63) is 57.8 Å². The van der Waals surface area contributed by atoms with E-state index in [0.717, 1.165) is 6.33 Å². The number of carbonyl (C=O) groups is 1. The Morgan fingerprint density at radius 3 is 2.71 bits per heavy atom. The first-order chi connectivity index (χ1) is 9.99. The summed E-state index contributed by atoms with van der Waals surface area (Å²) in [5.41, 5.74) is 2.82. The number of halogens is 1. The molecule has 21 heavy (non-hydrogen) atoms. The minimum Gasteiger partial charge on any atom is -0.358 e. The van der Waals surface area contributed by atoms with Gasteiger partial charge in [0.2, 0.25) is 5.69 Å². The summed E-state index contributed by atoms with van der Waals surface area (Å²) < 4.78 is 12.8. The van der Waals surface area contributed by atoms with Gasteiger partial charge in [-0.25, -0.2) is 19.8 Å². The quantitative estimate of drug-likeness (QED) is 0.506. The molecule has 8 nitrogen and oxygen atoms in total. The third-order valence-corrected chi connectivity index (χ3v) is 2.60. The molecule has 2 rings (SSSR count). The summed E-state index contributed by atoms with van der Waals surface area (Å²) in [4.78, 5) is 27.5. The maximum atomic E-state index is 12.8. The number of aromatic amines is 1. The van der Waals surface area contributed by atoms with Crippen LogP contribution in [0.5, 0.6) is 0 Å². The first-order valence-corrected chi connectivity index (χ1v) is 5.77. The lowest BCUT2D eigenvalue weighted by Gasteiger charge is -2.01. The Morgan fingerprint density at radius 2 is 2.10 bits per heavy atom. The Labute approximate surface area is 117 Å². The lowest BCUT2D eigenvalue weighted by atomic mass is 10.1. The van der Waals surface area contributed by atoms with Crippen molar-refractivity contribution >= 4 is 17.4 Å². The Bertz CT molecular complexity index is 708. The number of nitro groups is 1. The third kappa shape index (κ3) is 3.26. The summed E-state index contributed by atoms with van der Waals surface area (Å²) in [6.07, 6.45) is 1.05. The largest absolute Gasteiger partial charge is 0.358 e. The molecule has 1 aromatic heterocycles. The first kappa shape index (κ1) is 14.3. The van der Waals surface area contributed by atoms with Crippen LogP contribution in [0.4, 0.5) is 10.2 Å². The normalized spacial score (nSPS) is 11.2. The maximum absolute atomic E-state index is 12.8. The summed E-state index contributed by atoms with van der Waals surface area (Å²) in [7, 11) is 0. The van der Waals surface area contributed by atoms with Gasteiger partial charge in [-0.1, -0.05) is 12.1 Å². The number of H-pyrrole nitrogens is 1. The number of hydrogen-bond acceptors (Lipinski definition) is 5. The van der Waals surface area contributed by atoms with Gasteiger partial charge in [-0.2, -0.15) is 5.10 Å². The highest BCUT2D eigenvalue weighted by atomic mass is 19.1. The van der Waals surface area contributed by atoms with Crippen LogP contribution >= 0.6 is 0 Å². The van der Waals surface area contributed by atoms with Crippen molar-refractivity contribution in [3.8, 4) is 0 Å². The van der Waals surface area contributed by atoms with Gasteiger partial charge in [-0.05, 0) is 29.5 Å². The average Bonchev–Trinajstić information content (AvgIpc) is 2.95. The van der Waals surface area contributed by atoms with Gasteiger partial charge in [-0.3, -0.25) is 4.79 Å². The standard InChI is InChI=1S/C12H10FN5O3/c1-7(8-2-4-9(13)5-3-8)16-17-12(19)10-11(18(20)21)15-6-14-10/h2-6H,1H3,(H,14,15)(H,17,19)/b16-7+. The number of benzene rings is 1. The molecule has 2 aromatic rings. The van der Waals surface area contributed by atoms with Gasteiger partial charge in [0.1, 0.15) is 5.82 Å². The van der Waals surface area contributed by atoms with E-state index in [1.807, 2.05) is 0 Å². The van der Waals surface area contributed by atoms with Crippen molar-refractivity contribution < 1.29 is 14.1 Å². The zero-order valence-electron chi connectivity index (χ0n) is 10.8. The highest BCUT2D eigenvalue weighted by Crippen LogP contribution is 2.11. The smallest absolute Gasteiger partial charge is 0.353 e. The van der Waals surface area contributed by atoms with Gasteiger partial charge in [0.25, 0.3) is 5.91 Å². The van der Waals surface area contributed by atoms with Crippen molar-refractivity contribution in [1.82, 2.24) is 15.4 Å². The molecule has 0 radical (unpaired) electrons. The first-order valence-electron chi connectivity index (χ1n) is 5.77. The van der Waals surface area contributed by atoms with Gasteiger partial charge in [0, 0.05) is 0 Å². The molecular weight excluding hydrogens is 281 g/mol. The summed E-state index contributed by atoms with van der Waals surface area (Å²) in [5.74, 6) is -1.71. The van der Waals surface area contributed by atoms with E-state index >= 15 is 0 Å². The van der Waals surface area contributed by atoms with Crippen molar-refractivity contribution in [3.63, 3.8) is 0 Å². The molecule has 0 atom stereocenters. The third-order valence-electron chi connectivity index (χ3n) is 2.60. The van der Waals surface area contributed by atoms with Gasteiger partial charge in [0.05, 0.1) is 5.71 Å². The Hall–Kier alpha value is -3.10. The molecule has 0 aliphatic rings. The van der Waals surface area contributed by atoms with E-state index in [4.69, 9.17) is 0 Å². The van der Waals surface area contributed by atoms with Crippen molar-refractivity contribution in [1.29, 1.82) is 0 Å². The molecule has 0 bridgehead atoms. The fourth-order valence-corrected chi connectivity index (χ4v) is 1.54. The number of nitrogens with one attached hydrogen (secondary N) is 2. The second-order valence-electron chi connectivity index (χ2n) is 4.00. The molecule has 0 saturated carbocycles. The van der Waals surface area contributed by atoms with Crippen molar-refractivity contribution in [2.24, 2.45) is 5.10 Å². The van der Waals surface area contributed by atoms with Crippen LogP contribution < -0.4 is 5.43 Å². The van der Waals surface area contributed by atoms with Crippen LogP contribution in [-0.2, 0) is 0 Å². The van der Waals surface area contributed by atoms with Crippen LogP contribution in [0.15, 0.2) is 35.7 Å². The highest BCUT2D eigenvalue weighted by Gasteiger charge is 2.22. The van der Waals surface area contributed by atoms with E-state index in [1.165, 1.54) is 24.3 Å². The molecule has 0 unspecified atom stereocenters. The number of aromatic nitrogens is 2. The van der Waals surface area contributed by atoms with Crippen molar-refractivity contribution in [2.75, 3.05) is 0 Å². The molecule has 0 aliphatic heterocycles. The zero-order valence-corrected chi connectivity index (χ0v) is 10.8. The van der Waals surface area contributed by atoms with Crippen LogP contribution in [0.1, 0.15) is 23.0 Å². The molecule has 2 N–H and O–H groups in total. The van der Waals surface area contributed by atoms with Crippen LogP contribution in [0.2, 0.25) is 0 Å².